The van der Waals surface area contributed by atoms with Crippen LogP contribution in [-0.4, -0.2) is 27.6 Å². The van der Waals surface area contributed by atoms with E-state index in [1.807, 2.05) is 42.5 Å². The highest BCUT2D eigenvalue weighted by Gasteiger charge is 2.30. The van der Waals surface area contributed by atoms with Crippen molar-refractivity contribution in [2.75, 3.05) is 5.32 Å². The van der Waals surface area contributed by atoms with E-state index < -0.39 is 11.6 Å². The summed E-state index contributed by atoms with van der Waals surface area (Å²) in [6, 6.07) is 18.1. The third kappa shape index (κ3) is 7.18. The second-order valence-electron chi connectivity index (χ2n) is 8.25. The maximum atomic E-state index is 13.0. The van der Waals surface area contributed by atoms with Gasteiger partial charge in [0.05, 0.1) is 0 Å². The molecule has 0 aliphatic heterocycles. The molecular formula is C27H27ClN2O4. The summed E-state index contributed by atoms with van der Waals surface area (Å²) in [5.74, 6) is -0.570. The Kier molecular flexibility index (Phi) is 8.44. The van der Waals surface area contributed by atoms with Crippen LogP contribution in [0.25, 0.3) is 5.57 Å². The molecule has 0 aliphatic rings. The van der Waals surface area contributed by atoms with Crippen molar-refractivity contribution in [2.45, 2.75) is 38.7 Å². The van der Waals surface area contributed by atoms with Gasteiger partial charge in [-0.25, -0.2) is 0 Å². The molecule has 1 amide bonds. The monoisotopic (exact) mass is 478 g/mol. The van der Waals surface area contributed by atoms with Crippen molar-refractivity contribution in [3.63, 3.8) is 0 Å². The minimum atomic E-state index is -1.12. The Labute approximate surface area is 204 Å². The number of hydrogen-bond acceptors (Lipinski definition) is 4. The second kappa shape index (κ2) is 11.5. The number of allylic oxidation sites excluding steroid dienone is 1. The number of amides is 1. The van der Waals surface area contributed by atoms with E-state index in [4.69, 9.17) is 21.4 Å². The third-order valence-corrected chi connectivity index (χ3v) is 5.33. The van der Waals surface area contributed by atoms with Crippen LogP contribution in [0.2, 0.25) is 5.02 Å². The Balaban J connectivity index is 1.79. The molecule has 3 rings (SSSR count). The van der Waals surface area contributed by atoms with Crippen LogP contribution >= 0.6 is 11.6 Å². The maximum absolute atomic E-state index is 13.0. The van der Waals surface area contributed by atoms with Crippen molar-refractivity contribution in [1.82, 2.24) is 4.98 Å². The fourth-order valence-electron chi connectivity index (χ4n) is 3.31. The smallest absolute Gasteiger partial charge is 0.303 e. The van der Waals surface area contributed by atoms with Gasteiger partial charge in [-0.3, -0.25) is 14.6 Å². The lowest BCUT2D eigenvalue weighted by atomic mass is 9.97. The molecule has 7 heteroatoms. The Hall–Kier alpha value is -3.64. The van der Waals surface area contributed by atoms with Crippen LogP contribution in [0.5, 0.6) is 5.75 Å². The van der Waals surface area contributed by atoms with E-state index in [-0.39, 0.29) is 12.3 Å². The number of ether oxygens (including phenoxy) is 1. The van der Waals surface area contributed by atoms with E-state index in [2.05, 4.69) is 10.3 Å². The van der Waals surface area contributed by atoms with Gasteiger partial charge in [-0.2, -0.15) is 0 Å². The van der Waals surface area contributed by atoms with Crippen LogP contribution in [-0.2, 0) is 9.59 Å². The number of carbonyl (C=O) groups is 2. The Morgan fingerprint density at radius 2 is 1.82 bits per heavy atom. The highest BCUT2D eigenvalue weighted by Crippen LogP contribution is 2.27. The summed E-state index contributed by atoms with van der Waals surface area (Å²) in [5.41, 5.74) is 2.22. The number of rotatable bonds is 10. The van der Waals surface area contributed by atoms with Crippen molar-refractivity contribution in [3.05, 3.63) is 95.3 Å². The van der Waals surface area contributed by atoms with Gasteiger partial charge in [0, 0.05) is 35.1 Å². The number of hydrogen-bond donors (Lipinski definition) is 2. The van der Waals surface area contributed by atoms with Crippen LogP contribution in [0, 0.1) is 0 Å². The molecule has 2 aromatic carbocycles. The molecule has 34 heavy (non-hydrogen) atoms. The molecular weight excluding hydrogens is 452 g/mol. The number of aromatic nitrogens is 1. The van der Waals surface area contributed by atoms with Crippen molar-refractivity contribution in [3.8, 4) is 5.75 Å². The molecule has 176 valence electrons. The van der Waals surface area contributed by atoms with Gasteiger partial charge in [-0.1, -0.05) is 35.9 Å². The predicted molar refractivity (Wildman–Crippen MR) is 134 cm³/mol. The zero-order valence-corrected chi connectivity index (χ0v) is 19.9. The van der Waals surface area contributed by atoms with Gasteiger partial charge in [0.15, 0.2) is 5.60 Å². The number of halogens is 1. The Bertz CT molecular complexity index is 1160. The molecule has 6 nitrogen and oxygen atoms in total. The average Bonchev–Trinajstić information content (AvgIpc) is 2.81. The molecule has 0 saturated carbocycles. The van der Waals surface area contributed by atoms with E-state index in [0.717, 1.165) is 16.7 Å². The fourth-order valence-corrected chi connectivity index (χ4v) is 3.44. The summed E-state index contributed by atoms with van der Waals surface area (Å²) in [5, 5.41) is 12.4. The number of carboxylic acid groups (broad SMARTS) is 1. The van der Waals surface area contributed by atoms with Crippen LogP contribution in [0.3, 0.4) is 0 Å². The number of aliphatic carboxylic acids is 1. The number of nitrogens with zero attached hydrogens (tertiary/aromatic N) is 1. The second-order valence-corrected chi connectivity index (χ2v) is 8.68. The first-order valence-corrected chi connectivity index (χ1v) is 11.3. The highest BCUT2D eigenvalue weighted by atomic mass is 35.5. The summed E-state index contributed by atoms with van der Waals surface area (Å²) < 4.78 is 5.88. The first-order chi connectivity index (χ1) is 16.2. The van der Waals surface area contributed by atoms with Gasteiger partial charge >= 0.3 is 5.97 Å². The van der Waals surface area contributed by atoms with E-state index in [1.165, 1.54) is 0 Å². The minimum Gasteiger partial charge on any atom is -0.481 e. The van der Waals surface area contributed by atoms with Crippen molar-refractivity contribution >= 4 is 34.7 Å². The lowest BCUT2D eigenvalue weighted by molar-refractivity contribution is -0.137. The van der Waals surface area contributed by atoms with Crippen molar-refractivity contribution in [2.24, 2.45) is 0 Å². The van der Waals surface area contributed by atoms with Gasteiger partial charge in [-0.15, -0.1) is 0 Å². The summed E-state index contributed by atoms with van der Waals surface area (Å²) in [4.78, 5) is 28.1. The summed E-state index contributed by atoms with van der Waals surface area (Å²) in [6.07, 6.45) is 6.72. The number of pyridine rings is 1. The van der Waals surface area contributed by atoms with E-state index in [1.54, 1.807) is 50.5 Å². The molecule has 1 heterocycles. The van der Waals surface area contributed by atoms with Gasteiger partial charge in [0.1, 0.15) is 5.75 Å². The zero-order valence-electron chi connectivity index (χ0n) is 19.1. The van der Waals surface area contributed by atoms with Gasteiger partial charge in [-0.05, 0) is 80.3 Å². The first-order valence-electron chi connectivity index (χ1n) is 10.9. The molecule has 0 fully saturated rings. The summed E-state index contributed by atoms with van der Waals surface area (Å²) >= 11 is 5.92. The molecule has 0 radical (unpaired) electrons. The SMILES string of the molecule is CC(C)(Oc1ccc(Cl)cc1)C(=O)Nc1cccc(/C(=C/CCCC(=O)O)c2cccnc2)c1. The number of anilines is 1. The number of benzene rings is 2. The molecule has 2 N–H and O–H groups in total. The molecule has 0 atom stereocenters. The standard InChI is InChI=1S/C27H27ClN2O4/c1-27(2,34-23-14-12-21(28)13-15-23)26(33)30-22-9-5-7-19(17-22)24(10-3-4-11-25(31)32)20-8-6-16-29-18-20/h5-10,12-18H,3-4,11H2,1-2H3,(H,30,33)(H,31,32)/b24-10-. The molecule has 0 spiro atoms. The third-order valence-electron chi connectivity index (χ3n) is 5.08. The van der Waals surface area contributed by atoms with Gasteiger partial charge in [0.25, 0.3) is 5.91 Å². The lowest BCUT2D eigenvalue weighted by Crippen LogP contribution is -2.42. The van der Waals surface area contributed by atoms with Crippen LogP contribution in [0.15, 0.2) is 79.1 Å². The van der Waals surface area contributed by atoms with E-state index >= 15 is 0 Å². The predicted octanol–water partition coefficient (Wildman–Crippen LogP) is 6.22. The van der Waals surface area contributed by atoms with Crippen molar-refractivity contribution in [1.29, 1.82) is 0 Å². The Morgan fingerprint density at radius 3 is 2.50 bits per heavy atom. The zero-order chi connectivity index (χ0) is 24.6. The summed E-state index contributed by atoms with van der Waals surface area (Å²) in [7, 11) is 0. The topological polar surface area (TPSA) is 88.5 Å². The van der Waals surface area contributed by atoms with Crippen LogP contribution < -0.4 is 10.1 Å². The van der Waals surface area contributed by atoms with Crippen LogP contribution in [0.1, 0.15) is 44.2 Å². The fraction of sp³-hybridized carbons (Fsp3) is 0.222. The number of carbonyl (C=O) groups excluding carboxylic acids is 1. The number of carboxylic acids is 1. The first kappa shape index (κ1) is 25.0. The molecule has 0 saturated heterocycles. The lowest BCUT2D eigenvalue weighted by Gasteiger charge is -2.25. The highest BCUT2D eigenvalue weighted by molar-refractivity contribution is 6.30. The van der Waals surface area contributed by atoms with E-state index in [9.17, 15) is 9.59 Å². The molecule has 3 aromatic rings. The molecule has 0 unspecified atom stereocenters. The van der Waals surface area contributed by atoms with Gasteiger partial charge in [0.2, 0.25) is 0 Å². The summed E-state index contributed by atoms with van der Waals surface area (Å²) in [6.45, 7) is 3.40. The van der Waals surface area contributed by atoms with Crippen molar-refractivity contribution < 1.29 is 19.4 Å². The molecule has 1 aromatic heterocycles. The minimum absolute atomic E-state index is 0.107. The molecule has 0 bridgehead atoms. The normalized spacial score (nSPS) is 11.7. The maximum Gasteiger partial charge on any atom is 0.303 e. The average molecular weight is 479 g/mol. The largest absolute Gasteiger partial charge is 0.481 e. The number of nitrogens with one attached hydrogen (secondary N) is 1. The van der Waals surface area contributed by atoms with E-state index in [0.29, 0.717) is 29.3 Å². The number of unbranched alkanes of at least 4 members (excludes halogenated alkanes) is 1. The van der Waals surface area contributed by atoms with Gasteiger partial charge < -0.3 is 15.2 Å². The van der Waals surface area contributed by atoms with Crippen LogP contribution in [0.4, 0.5) is 5.69 Å². The quantitative estimate of drug-likeness (QED) is 0.338. The Morgan fingerprint density at radius 1 is 1.09 bits per heavy atom. The molecule has 0 aliphatic carbocycles.